The van der Waals surface area contributed by atoms with Crippen molar-refractivity contribution in [1.82, 2.24) is 0 Å². The number of ether oxygens (including phenoxy) is 1. The molecule has 5 nitrogen and oxygen atoms in total. The number of para-hydroxylation sites is 2. The van der Waals surface area contributed by atoms with Gasteiger partial charge in [-0.1, -0.05) is 44.4 Å². The van der Waals surface area contributed by atoms with Crippen LogP contribution in [0.1, 0.15) is 52.4 Å². The molecule has 1 fully saturated rings. The molecular weight excluding hydrogens is 408 g/mol. The van der Waals surface area contributed by atoms with Crippen molar-refractivity contribution in [1.29, 1.82) is 0 Å². The van der Waals surface area contributed by atoms with Crippen LogP contribution in [0.5, 0.6) is 5.75 Å². The molecule has 166 valence electrons. The molecule has 31 heavy (non-hydrogen) atoms. The molecule has 0 aliphatic heterocycles. The van der Waals surface area contributed by atoms with Crippen molar-refractivity contribution in [2.45, 2.75) is 62.5 Å². The third-order valence-corrected chi connectivity index (χ3v) is 6.82. The molecule has 1 aliphatic rings. The Morgan fingerprint density at radius 1 is 1.03 bits per heavy atom. The summed E-state index contributed by atoms with van der Waals surface area (Å²) in [5, 5.41) is 5.82. The number of hydrogen-bond donors (Lipinski definition) is 2. The van der Waals surface area contributed by atoms with Crippen molar-refractivity contribution < 1.29 is 14.3 Å². The van der Waals surface area contributed by atoms with Crippen molar-refractivity contribution >= 4 is 35.0 Å². The second-order valence-corrected chi connectivity index (χ2v) is 9.06. The van der Waals surface area contributed by atoms with Crippen LogP contribution >= 0.6 is 11.8 Å². The van der Waals surface area contributed by atoms with Gasteiger partial charge in [-0.25, -0.2) is 0 Å². The summed E-state index contributed by atoms with van der Waals surface area (Å²) in [5.74, 6) is 0.839. The maximum atomic E-state index is 12.9. The molecule has 0 saturated heterocycles. The van der Waals surface area contributed by atoms with Gasteiger partial charge in [-0.15, -0.1) is 11.8 Å². The van der Waals surface area contributed by atoms with Crippen LogP contribution in [0.3, 0.4) is 0 Å². The second kappa shape index (κ2) is 11.8. The molecule has 2 aromatic carbocycles. The van der Waals surface area contributed by atoms with Gasteiger partial charge in [-0.3, -0.25) is 9.59 Å². The first-order valence-corrected chi connectivity index (χ1v) is 12.1. The molecule has 1 saturated carbocycles. The van der Waals surface area contributed by atoms with Gasteiger partial charge in [0.25, 0.3) is 0 Å². The van der Waals surface area contributed by atoms with E-state index in [4.69, 9.17) is 4.74 Å². The number of carbonyl (C=O) groups excluding carboxylic acids is 2. The lowest BCUT2D eigenvalue weighted by atomic mass is 9.88. The van der Waals surface area contributed by atoms with Crippen molar-refractivity contribution in [2.75, 3.05) is 17.2 Å². The van der Waals surface area contributed by atoms with Gasteiger partial charge in [-0.05, 0) is 56.5 Å². The van der Waals surface area contributed by atoms with Gasteiger partial charge in [-0.2, -0.15) is 0 Å². The molecule has 1 aliphatic carbocycles. The SMILES string of the molecule is CCOc1ccccc1NC(=O)C(CC)Sc1cccc(NC(=O)C2CCCCC2)c1. The van der Waals surface area contributed by atoms with E-state index in [1.807, 2.05) is 62.4 Å². The van der Waals surface area contributed by atoms with E-state index in [0.29, 0.717) is 24.5 Å². The Bertz CT molecular complexity index is 881. The quantitative estimate of drug-likeness (QED) is 0.461. The zero-order valence-electron chi connectivity index (χ0n) is 18.4. The molecule has 0 aromatic heterocycles. The van der Waals surface area contributed by atoms with Crippen LogP contribution in [0.25, 0.3) is 0 Å². The van der Waals surface area contributed by atoms with Crippen molar-refractivity contribution in [2.24, 2.45) is 5.92 Å². The smallest absolute Gasteiger partial charge is 0.237 e. The maximum Gasteiger partial charge on any atom is 0.237 e. The molecule has 0 spiro atoms. The van der Waals surface area contributed by atoms with Crippen LogP contribution < -0.4 is 15.4 Å². The van der Waals surface area contributed by atoms with Crippen LogP contribution in [0, 0.1) is 5.92 Å². The highest BCUT2D eigenvalue weighted by molar-refractivity contribution is 8.00. The van der Waals surface area contributed by atoms with Gasteiger partial charge in [0, 0.05) is 16.5 Å². The first kappa shape index (κ1) is 23.2. The molecule has 0 radical (unpaired) electrons. The van der Waals surface area contributed by atoms with Crippen molar-refractivity contribution in [3.63, 3.8) is 0 Å². The third kappa shape index (κ3) is 6.76. The number of hydrogen-bond acceptors (Lipinski definition) is 4. The molecule has 3 rings (SSSR count). The first-order valence-electron chi connectivity index (χ1n) is 11.2. The topological polar surface area (TPSA) is 67.4 Å². The Hall–Kier alpha value is -2.47. The first-order chi connectivity index (χ1) is 15.1. The van der Waals surface area contributed by atoms with E-state index in [-0.39, 0.29) is 23.0 Å². The van der Waals surface area contributed by atoms with Crippen LogP contribution in [-0.2, 0) is 9.59 Å². The number of benzene rings is 2. The number of amides is 2. The minimum atomic E-state index is -0.251. The predicted octanol–water partition coefficient (Wildman–Crippen LogP) is 6.11. The number of carbonyl (C=O) groups is 2. The van der Waals surface area contributed by atoms with Crippen molar-refractivity contribution in [3.8, 4) is 5.75 Å². The molecule has 2 aromatic rings. The molecular formula is C25H32N2O3S. The number of nitrogens with one attached hydrogen (secondary N) is 2. The van der Waals surface area contributed by atoms with Crippen LogP contribution in [0.15, 0.2) is 53.4 Å². The highest BCUT2D eigenvalue weighted by Crippen LogP contribution is 2.31. The standard InChI is InChI=1S/C25H32N2O3S/c1-3-23(25(29)27-21-15-8-9-16-22(21)30-4-2)31-20-14-10-13-19(17-20)26-24(28)18-11-6-5-7-12-18/h8-10,13-18,23H,3-7,11-12H2,1-2H3,(H,26,28)(H,27,29). The van der Waals surface area contributed by atoms with Gasteiger partial charge in [0.15, 0.2) is 0 Å². The highest BCUT2D eigenvalue weighted by atomic mass is 32.2. The average Bonchev–Trinajstić information content (AvgIpc) is 2.79. The fraction of sp³-hybridized carbons (Fsp3) is 0.440. The lowest BCUT2D eigenvalue weighted by Gasteiger charge is -2.21. The van der Waals surface area contributed by atoms with Crippen molar-refractivity contribution in [3.05, 3.63) is 48.5 Å². The molecule has 1 unspecified atom stereocenters. The number of thioether (sulfide) groups is 1. The highest BCUT2D eigenvalue weighted by Gasteiger charge is 2.22. The monoisotopic (exact) mass is 440 g/mol. The zero-order valence-corrected chi connectivity index (χ0v) is 19.2. The predicted molar refractivity (Wildman–Crippen MR) is 128 cm³/mol. The number of anilines is 2. The molecule has 6 heteroatoms. The largest absolute Gasteiger partial charge is 0.492 e. The summed E-state index contributed by atoms with van der Waals surface area (Å²) >= 11 is 1.51. The zero-order chi connectivity index (χ0) is 22.1. The molecule has 2 N–H and O–H groups in total. The summed E-state index contributed by atoms with van der Waals surface area (Å²) in [4.78, 5) is 26.4. The minimum absolute atomic E-state index is 0.0590. The van der Waals surface area contributed by atoms with Gasteiger partial charge in [0.05, 0.1) is 17.5 Å². The average molecular weight is 441 g/mol. The fourth-order valence-corrected chi connectivity index (χ4v) is 4.82. The Kier molecular flexibility index (Phi) is 8.83. The molecule has 1 atom stereocenters. The summed E-state index contributed by atoms with van der Waals surface area (Å²) in [6.07, 6.45) is 6.13. The minimum Gasteiger partial charge on any atom is -0.492 e. The summed E-state index contributed by atoms with van der Waals surface area (Å²) in [5.41, 5.74) is 1.47. The summed E-state index contributed by atoms with van der Waals surface area (Å²) in [7, 11) is 0. The Labute approximate surface area is 189 Å². The van der Waals surface area contributed by atoms with E-state index in [1.165, 1.54) is 18.2 Å². The van der Waals surface area contributed by atoms with Gasteiger partial charge in [0.2, 0.25) is 11.8 Å². The summed E-state index contributed by atoms with van der Waals surface area (Å²) in [6.45, 7) is 4.46. The van der Waals surface area contributed by atoms with Gasteiger partial charge >= 0.3 is 0 Å². The lowest BCUT2D eigenvalue weighted by Crippen LogP contribution is -2.25. The van der Waals surface area contributed by atoms with E-state index in [1.54, 1.807) is 0 Å². The summed E-state index contributed by atoms with van der Waals surface area (Å²) < 4.78 is 5.61. The molecule has 0 heterocycles. The maximum absolute atomic E-state index is 12.9. The fourth-order valence-electron chi connectivity index (χ4n) is 3.81. The number of rotatable bonds is 9. The Balaban J connectivity index is 1.63. The van der Waals surface area contributed by atoms with Gasteiger partial charge < -0.3 is 15.4 Å². The normalized spacial score (nSPS) is 15.2. The Morgan fingerprint density at radius 2 is 1.81 bits per heavy atom. The van der Waals surface area contributed by atoms with E-state index in [2.05, 4.69) is 10.6 Å². The summed E-state index contributed by atoms with van der Waals surface area (Å²) in [6, 6.07) is 15.2. The Morgan fingerprint density at radius 3 is 2.55 bits per heavy atom. The van der Waals surface area contributed by atoms with E-state index in [0.717, 1.165) is 36.3 Å². The van der Waals surface area contributed by atoms with E-state index >= 15 is 0 Å². The molecule has 2 amide bonds. The van der Waals surface area contributed by atoms with Crippen LogP contribution in [0.2, 0.25) is 0 Å². The van der Waals surface area contributed by atoms with E-state index < -0.39 is 0 Å². The second-order valence-electron chi connectivity index (χ2n) is 7.79. The molecule has 0 bridgehead atoms. The van der Waals surface area contributed by atoms with E-state index in [9.17, 15) is 9.59 Å². The van der Waals surface area contributed by atoms with Crippen LogP contribution in [-0.4, -0.2) is 23.7 Å². The van der Waals surface area contributed by atoms with Crippen LogP contribution in [0.4, 0.5) is 11.4 Å². The lowest BCUT2D eigenvalue weighted by molar-refractivity contribution is -0.120. The third-order valence-electron chi connectivity index (χ3n) is 5.46. The van der Waals surface area contributed by atoms with Gasteiger partial charge in [0.1, 0.15) is 5.75 Å².